The number of Topliss-reactive ketones (excluding diaryl/α,β-unsaturated/α-hetero) is 1. The van der Waals surface area contributed by atoms with Gasteiger partial charge in [-0.2, -0.15) is 4.39 Å². The van der Waals surface area contributed by atoms with Crippen molar-refractivity contribution in [3.8, 4) is 17.2 Å². The maximum atomic E-state index is 13.9. The maximum Gasteiger partial charge on any atom is 0.211 e. The lowest BCUT2D eigenvalue weighted by Gasteiger charge is -2.21. The van der Waals surface area contributed by atoms with Crippen LogP contribution in [-0.2, 0) is 0 Å². The zero-order chi connectivity index (χ0) is 11.7. The van der Waals surface area contributed by atoms with Crippen molar-refractivity contribution in [1.82, 2.24) is 0 Å². The van der Waals surface area contributed by atoms with E-state index in [0.717, 1.165) is 0 Å². The van der Waals surface area contributed by atoms with Gasteiger partial charge in [0.2, 0.25) is 11.6 Å². The average Bonchev–Trinajstić information content (AvgIpc) is 2.29. The summed E-state index contributed by atoms with van der Waals surface area (Å²) in [6.45, 7) is 1.97. The van der Waals surface area contributed by atoms with E-state index in [1.165, 1.54) is 20.1 Å². The van der Waals surface area contributed by atoms with Gasteiger partial charge < -0.3 is 14.2 Å². The van der Waals surface area contributed by atoms with Crippen LogP contribution < -0.4 is 14.2 Å². The van der Waals surface area contributed by atoms with Gasteiger partial charge in [0.05, 0.1) is 12.7 Å². The predicted octanol–water partition coefficient (Wildman–Crippen LogP) is 1.81. The number of benzene rings is 1. The molecule has 1 heterocycles. The molecule has 0 aliphatic carbocycles. The predicted molar refractivity (Wildman–Crippen MR) is 53.9 cm³/mol. The molecule has 0 N–H and O–H groups in total. The summed E-state index contributed by atoms with van der Waals surface area (Å²) in [5, 5.41) is 0. The van der Waals surface area contributed by atoms with Crippen molar-refractivity contribution in [2.24, 2.45) is 0 Å². The molecule has 0 spiro atoms. The second-order valence-corrected chi connectivity index (χ2v) is 3.35. The Morgan fingerprint density at radius 2 is 2.12 bits per heavy atom. The molecule has 0 bridgehead atoms. The molecule has 16 heavy (non-hydrogen) atoms. The van der Waals surface area contributed by atoms with Crippen LogP contribution in [0.4, 0.5) is 4.39 Å². The molecule has 0 saturated heterocycles. The van der Waals surface area contributed by atoms with Gasteiger partial charge in [-0.05, 0) is 13.0 Å². The second kappa shape index (κ2) is 4.00. The summed E-state index contributed by atoms with van der Waals surface area (Å²) in [5.74, 6) is -0.822. The van der Waals surface area contributed by atoms with Gasteiger partial charge in [-0.1, -0.05) is 0 Å². The van der Waals surface area contributed by atoms with Crippen LogP contribution in [0.25, 0.3) is 0 Å². The highest BCUT2D eigenvalue weighted by atomic mass is 19.1. The summed E-state index contributed by atoms with van der Waals surface area (Å²) in [6, 6.07) is 1.44. The summed E-state index contributed by atoms with van der Waals surface area (Å²) in [7, 11) is 1.31. The van der Waals surface area contributed by atoms with Crippen LogP contribution >= 0.6 is 0 Å². The Kier molecular flexibility index (Phi) is 2.68. The van der Waals surface area contributed by atoms with Gasteiger partial charge in [-0.25, -0.2) is 0 Å². The van der Waals surface area contributed by atoms with E-state index in [9.17, 15) is 9.18 Å². The van der Waals surface area contributed by atoms with Crippen LogP contribution in [0, 0.1) is 5.82 Å². The molecule has 1 aromatic carbocycles. The Hall–Kier alpha value is -1.78. The minimum absolute atomic E-state index is 0.00750. The number of fused-ring (bicyclic) bond motifs is 1. The van der Waals surface area contributed by atoms with Crippen LogP contribution in [0.2, 0.25) is 0 Å². The van der Waals surface area contributed by atoms with Gasteiger partial charge in [-0.3, -0.25) is 4.79 Å². The molecule has 5 heteroatoms. The Morgan fingerprint density at radius 1 is 1.44 bits per heavy atom. The molecule has 0 saturated carbocycles. The Bertz CT molecular complexity index is 442. The fraction of sp³-hybridized carbons (Fsp3) is 0.364. The van der Waals surface area contributed by atoms with Gasteiger partial charge in [0.25, 0.3) is 0 Å². The van der Waals surface area contributed by atoms with Crippen molar-refractivity contribution in [3.05, 3.63) is 17.4 Å². The third kappa shape index (κ3) is 1.58. The minimum atomic E-state index is -0.690. The average molecular weight is 226 g/mol. The molecule has 86 valence electrons. The molecule has 0 fully saturated rings. The first kappa shape index (κ1) is 10.7. The monoisotopic (exact) mass is 226 g/mol. The smallest absolute Gasteiger partial charge is 0.211 e. The topological polar surface area (TPSA) is 44.8 Å². The van der Waals surface area contributed by atoms with Crippen molar-refractivity contribution in [1.29, 1.82) is 0 Å². The first-order chi connectivity index (χ1) is 7.65. The Balaban J connectivity index is 2.64. The Morgan fingerprint density at radius 3 is 2.75 bits per heavy atom. The molecule has 0 radical (unpaired) electrons. The lowest BCUT2D eigenvalue weighted by atomic mass is 10.1. The molecule has 0 aromatic heterocycles. The highest BCUT2D eigenvalue weighted by Crippen LogP contribution is 2.40. The fourth-order valence-corrected chi connectivity index (χ4v) is 1.59. The summed E-state index contributed by atoms with van der Waals surface area (Å²) in [4.78, 5) is 11.3. The number of rotatable bonds is 2. The molecule has 1 aromatic rings. The molecular weight excluding hydrogens is 215 g/mol. The zero-order valence-corrected chi connectivity index (χ0v) is 9.00. The van der Waals surface area contributed by atoms with Crippen LogP contribution in [0.5, 0.6) is 17.2 Å². The van der Waals surface area contributed by atoms with E-state index in [0.29, 0.717) is 6.61 Å². The first-order valence-electron chi connectivity index (χ1n) is 4.82. The van der Waals surface area contributed by atoms with Crippen LogP contribution in [0.3, 0.4) is 0 Å². The van der Waals surface area contributed by atoms with E-state index in [2.05, 4.69) is 0 Å². The standard InChI is InChI=1S/C11H11FO4/c1-6(13)7-5-8-11(16-4-3-15-8)9(12)10(7)14-2/h5H,3-4H2,1-2H3. The van der Waals surface area contributed by atoms with Crippen molar-refractivity contribution < 1.29 is 23.4 Å². The summed E-state index contributed by atoms with van der Waals surface area (Å²) < 4.78 is 29.1. The molecule has 0 atom stereocenters. The largest absolute Gasteiger partial charge is 0.493 e. The number of carbonyl (C=O) groups excluding carboxylic acids is 1. The summed E-state index contributed by atoms with van der Waals surface area (Å²) in [6.07, 6.45) is 0. The lowest BCUT2D eigenvalue weighted by molar-refractivity contribution is 0.101. The van der Waals surface area contributed by atoms with E-state index >= 15 is 0 Å². The quantitative estimate of drug-likeness (QED) is 0.721. The molecular formula is C11H11FO4. The van der Waals surface area contributed by atoms with Gasteiger partial charge in [0.1, 0.15) is 13.2 Å². The van der Waals surface area contributed by atoms with Crippen molar-refractivity contribution in [2.45, 2.75) is 6.92 Å². The molecule has 1 aliphatic rings. The molecule has 2 rings (SSSR count). The van der Waals surface area contributed by atoms with E-state index in [1.54, 1.807) is 0 Å². The van der Waals surface area contributed by atoms with Crippen molar-refractivity contribution >= 4 is 5.78 Å². The number of carbonyl (C=O) groups is 1. The summed E-state index contributed by atoms with van der Waals surface area (Å²) >= 11 is 0. The van der Waals surface area contributed by atoms with Gasteiger partial charge in [0, 0.05) is 0 Å². The number of hydrogen-bond donors (Lipinski definition) is 0. The number of ketones is 1. The highest BCUT2D eigenvalue weighted by molar-refractivity contribution is 5.97. The number of hydrogen-bond acceptors (Lipinski definition) is 4. The van der Waals surface area contributed by atoms with Gasteiger partial charge in [-0.15, -0.1) is 0 Å². The fourth-order valence-electron chi connectivity index (χ4n) is 1.59. The molecule has 0 amide bonds. The number of ether oxygens (including phenoxy) is 3. The van der Waals surface area contributed by atoms with E-state index in [4.69, 9.17) is 14.2 Å². The normalized spacial score (nSPS) is 13.4. The SMILES string of the molecule is COc1c(C(C)=O)cc2c(c1F)OCCO2. The highest BCUT2D eigenvalue weighted by Gasteiger charge is 2.25. The third-order valence-electron chi connectivity index (χ3n) is 2.31. The number of halogens is 1. The van der Waals surface area contributed by atoms with Crippen molar-refractivity contribution in [2.75, 3.05) is 20.3 Å². The molecule has 4 nitrogen and oxygen atoms in total. The first-order valence-corrected chi connectivity index (χ1v) is 4.82. The molecule has 0 unspecified atom stereocenters. The maximum absolute atomic E-state index is 13.9. The van der Waals surface area contributed by atoms with E-state index in [1.807, 2.05) is 0 Å². The molecule has 1 aliphatic heterocycles. The van der Waals surface area contributed by atoms with Crippen LogP contribution in [0.15, 0.2) is 6.07 Å². The summed E-state index contributed by atoms with van der Waals surface area (Å²) in [5.41, 5.74) is 0.157. The number of methoxy groups -OCH3 is 1. The van der Waals surface area contributed by atoms with Crippen LogP contribution in [0.1, 0.15) is 17.3 Å². The van der Waals surface area contributed by atoms with E-state index < -0.39 is 5.82 Å². The van der Waals surface area contributed by atoms with Crippen LogP contribution in [-0.4, -0.2) is 26.1 Å². The minimum Gasteiger partial charge on any atom is -0.493 e. The van der Waals surface area contributed by atoms with E-state index in [-0.39, 0.29) is 35.2 Å². The zero-order valence-electron chi connectivity index (χ0n) is 9.00. The van der Waals surface area contributed by atoms with Gasteiger partial charge >= 0.3 is 0 Å². The second-order valence-electron chi connectivity index (χ2n) is 3.35. The van der Waals surface area contributed by atoms with Crippen molar-refractivity contribution in [3.63, 3.8) is 0 Å². The Labute approximate surface area is 91.9 Å². The third-order valence-corrected chi connectivity index (χ3v) is 2.31. The lowest BCUT2D eigenvalue weighted by Crippen LogP contribution is -2.17. The van der Waals surface area contributed by atoms with Gasteiger partial charge in [0.15, 0.2) is 17.3 Å².